The Hall–Kier alpha value is -2.15. The number of nitrogens with zero attached hydrogens (tertiary/aromatic N) is 2. The van der Waals surface area contributed by atoms with Crippen molar-refractivity contribution >= 4 is 17.5 Å². The van der Waals surface area contributed by atoms with Gasteiger partial charge >= 0.3 is 0 Å². The second-order valence-electron chi connectivity index (χ2n) is 9.56. The van der Waals surface area contributed by atoms with E-state index in [1.165, 1.54) is 6.07 Å². The number of carbonyl (C=O) groups excluding carboxylic acids is 2. The largest absolute Gasteiger partial charge is 0.373 e. The fourth-order valence-electron chi connectivity index (χ4n) is 6.16. The van der Waals surface area contributed by atoms with E-state index in [2.05, 4.69) is 15.5 Å². The number of rotatable bonds is 3. The molecule has 0 spiro atoms. The zero-order chi connectivity index (χ0) is 21.0. The van der Waals surface area contributed by atoms with E-state index >= 15 is 0 Å². The first-order valence-corrected chi connectivity index (χ1v) is 11.3. The van der Waals surface area contributed by atoms with Crippen LogP contribution >= 0.6 is 0 Å². The van der Waals surface area contributed by atoms with E-state index in [9.17, 15) is 14.0 Å². The van der Waals surface area contributed by atoms with Gasteiger partial charge in [-0.25, -0.2) is 4.39 Å². The molecule has 2 amide bonds. The zero-order valence-electron chi connectivity index (χ0n) is 17.8. The van der Waals surface area contributed by atoms with Crippen LogP contribution in [-0.2, 0) is 16.0 Å². The summed E-state index contributed by atoms with van der Waals surface area (Å²) in [6, 6.07) is 4.31. The van der Waals surface area contributed by atoms with Gasteiger partial charge in [-0.15, -0.1) is 0 Å². The van der Waals surface area contributed by atoms with Gasteiger partial charge in [0.05, 0.1) is 0 Å². The quantitative estimate of drug-likeness (QED) is 0.796. The van der Waals surface area contributed by atoms with Crippen molar-refractivity contribution in [3.05, 3.63) is 29.1 Å². The Kier molecular flexibility index (Phi) is 4.96. The lowest BCUT2D eigenvalue weighted by molar-refractivity contribution is -0.131. The Morgan fingerprint density at radius 2 is 1.97 bits per heavy atom. The van der Waals surface area contributed by atoms with Gasteiger partial charge in [0.2, 0.25) is 11.8 Å². The number of anilines is 1. The second-order valence-corrected chi connectivity index (χ2v) is 9.56. The van der Waals surface area contributed by atoms with Crippen LogP contribution in [-0.4, -0.2) is 64.9 Å². The minimum atomic E-state index is -0.400. The smallest absolute Gasteiger partial charge is 0.243 e. The number of amides is 2. The summed E-state index contributed by atoms with van der Waals surface area (Å²) in [5.41, 5.74) is 2.38. The summed E-state index contributed by atoms with van der Waals surface area (Å²) in [5.74, 6) is -0.0752. The summed E-state index contributed by atoms with van der Waals surface area (Å²) >= 11 is 0. The number of fused-ring (bicyclic) bond motifs is 3. The average Bonchev–Trinajstić information content (AvgIpc) is 3.45. The maximum Gasteiger partial charge on any atom is 0.243 e. The predicted molar refractivity (Wildman–Crippen MR) is 113 cm³/mol. The predicted octanol–water partition coefficient (Wildman–Crippen LogP) is 2.20. The Morgan fingerprint density at radius 1 is 1.13 bits per heavy atom. The molecule has 4 aliphatic rings. The van der Waals surface area contributed by atoms with Crippen molar-refractivity contribution < 1.29 is 14.0 Å². The minimum absolute atomic E-state index is 0.0265. The molecule has 5 rings (SSSR count). The molecule has 3 unspecified atom stereocenters. The monoisotopic (exact) mass is 414 g/mol. The molecular formula is C23H31FN4O2. The van der Waals surface area contributed by atoms with E-state index in [1.807, 2.05) is 11.8 Å². The summed E-state index contributed by atoms with van der Waals surface area (Å²) in [6.45, 7) is 5.42. The molecule has 0 radical (unpaired) electrons. The molecule has 162 valence electrons. The Labute approximate surface area is 177 Å². The highest BCUT2D eigenvalue weighted by molar-refractivity contribution is 5.88. The van der Waals surface area contributed by atoms with E-state index in [0.29, 0.717) is 30.1 Å². The molecule has 3 aliphatic heterocycles. The van der Waals surface area contributed by atoms with E-state index < -0.39 is 6.04 Å². The molecule has 1 aromatic rings. The van der Waals surface area contributed by atoms with Crippen LogP contribution < -0.4 is 10.6 Å². The fraction of sp³-hybridized carbons (Fsp3) is 0.652. The van der Waals surface area contributed by atoms with Crippen molar-refractivity contribution in [1.82, 2.24) is 15.1 Å². The van der Waals surface area contributed by atoms with Gasteiger partial charge in [-0.05, 0) is 50.7 Å². The van der Waals surface area contributed by atoms with Gasteiger partial charge in [-0.3, -0.25) is 14.5 Å². The molecule has 1 aromatic carbocycles. The molecule has 2 saturated heterocycles. The van der Waals surface area contributed by atoms with Gasteiger partial charge < -0.3 is 15.5 Å². The van der Waals surface area contributed by atoms with Crippen molar-refractivity contribution in [3.8, 4) is 0 Å². The minimum Gasteiger partial charge on any atom is -0.373 e. The topological polar surface area (TPSA) is 64.7 Å². The number of benzene rings is 1. The van der Waals surface area contributed by atoms with Crippen molar-refractivity contribution in [3.63, 3.8) is 0 Å². The number of aryl methyl sites for hydroxylation is 1. The molecule has 0 aromatic heterocycles. The van der Waals surface area contributed by atoms with Crippen molar-refractivity contribution in [2.75, 3.05) is 18.4 Å². The van der Waals surface area contributed by atoms with E-state index in [1.54, 1.807) is 13.0 Å². The molecule has 3 heterocycles. The van der Waals surface area contributed by atoms with Crippen LogP contribution in [0.1, 0.15) is 50.2 Å². The third kappa shape index (κ3) is 3.37. The molecule has 1 saturated carbocycles. The highest BCUT2D eigenvalue weighted by atomic mass is 19.1. The van der Waals surface area contributed by atoms with Crippen LogP contribution in [0.5, 0.6) is 0 Å². The van der Waals surface area contributed by atoms with Gasteiger partial charge in [0.25, 0.3) is 0 Å². The molecule has 6 nitrogen and oxygen atoms in total. The summed E-state index contributed by atoms with van der Waals surface area (Å²) in [6.07, 6.45) is 5.71. The maximum atomic E-state index is 14.1. The normalized spacial score (nSPS) is 32.8. The van der Waals surface area contributed by atoms with Crippen LogP contribution in [0, 0.1) is 12.7 Å². The highest BCUT2D eigenvalue weighted by Crippen LogP contribution is 2.36. The van der Waals surface area contributed by atoms with Gasteiger partial charge in [0.15, 0.2) is 0 Å². The lowest BCUT2D eigenvalue weighted by Crippen LogP contribution is -2.54. The Bertz CT molecular complexity index is 844. The highest BCUT2D eigenvalue weighted by Gasteiger charge is 2.47. The number of hydrogen-bond acceptors (Lipinski definition) is 4. The van der Waals surface area contributed by atoms with Gasteiger partial charge in [0.1, 0.15) is 11.9 Å². The van der Waals surface area contributed by atoms with Crippen LogP contribution in [0.2, 0.25) is 0 Å². The first-order chi connectivity index (χ1) is 14.4. The summed E-state index contributed by atoms with van der Waals surface area (Å²) in [5, 5.41) is 6.48. The van der Waals surface area contributed by atoms with Crippen molar-refractivity contribution in [2.45, 2.75) is 82.6 Å². The summed E-state index contributed by atoms with van der Waals surface area (Å²) in [7, 11) is 0. The lowest BCUT2D eigenvalue weighted by atomic mass is 9.89. The molecular weight excluding hydrogens is 383 g/mol. The van der Waals surface area contributed by atoms with Crippen molar-refractivity contribution in [2.24, 2.45) is 0 Å². The molecule has 2 bridgehead atoms. The number of hydrogen-bond donors (Lipinski definition) is 2. The third-order valence-corrected chi connectivity index (χ3v) is 7.66. The van der Waals surface area contributed by atoms with Crippen LogP contribution in [0.15, 0.2) is 12.1 Å². The molecule has 3 fully saturated rings. The fourth-order valence-corrected chi connectivity index (χ4v) is 6.16. The Morgan fingerprint density at radius 3 is 2.67 bits per heavy atom. The SMILES string of the molecule is CC(=O)N1CC2CC1CN2[C@H]1CCC[C@@H](NC(=O)C2Cc3c(F)ccc(C)c3N2)C1. The van der Waals surface area contributed by atoms with Crippen LogP contribution in [0.25, 0.3) is 0 Å². The molecule has 1 aliphatic carbocycles. The number of piperazine rings is 1. The molecule has 7 heteroatoms. The maximum absolute atomic E-state index is 14.1. The van der Waals surface area contributed by atoms with E-state index in [-0.39, 0.29) is 23.7 Å². The number of likely N-dealkylation sites (tertiary alicyclic amines) is 2. The van der Waals surface area contributed by atoms with Crippen LogP contribution in [0.3, 0.4) is 0 Å². The molecule has 5 atom stereocenters. The molecule has 2 N–H and O–H groups in total. The van der Waals surface area contributed by atoms with Gasteiger partial charge in [-0.2, -0.15) is 0 Å². The lowest BCUT2D eigenvalue weighted by Gasteiger charge is -2.42. The van der Waals surface area contributed by atoms with E-state index in [0.717, 1.165) is 56.4 Å². The number of halogens is 1. The van der Waals surface area contributed by atoms with Crippen molar-refractivity contribution in [1.29, 1.82) is 0 Å². The van der Waals surface area contributed by atoms with Gasteiger partial charge in [0, 0.05) is 61.9 Å². The van der Waals surface area contributed by atoms with E-state index in [4.69, 9.17) is 0 Å². The summed E-state index contributed by atoms with van der Waals surface area (Å²) in [4.78, 5) is 29.3. The zero-order valence-corrected chi connectivity index (χ0v) is 17.8. The third-order valence-electron chi connectivity index (χ3n) is 7.66. The first kappa shape index (κ1) is 19.8. The van der Waals surface area contributed by atoms with Gasteiger partial charge in [-0.1, -0.05) is 6.07 Å². The Balaban J connectivity index is 1.18. The average molecular weight is 415 g/mol. The number of nitrogens with one attached hydrogen (secondary N) is 2. The second kappa shape index (κ2) is 7.52. The first-order valence-electron chi connectivity index (χ1n) is 11.3. The van der Waals surface area contributed by atoms with Crippen LogP contribution in [0.4, 0.5) is 10.1 Å². The summed E-state index contributed by atoms with van der Waals surface area (Å²) < 4.78 is 14.1. The molecule has 30 heavy (non-hydrogen) atoms. The standard InChI is InChI=1S/C23H31FN4O2/c1-13-6-7-20(24)19-10-21(26-22(13)19)23(30)25-15-4-3-5-16(8-15)28-12-17-9-18(28)11-27(17)14(2)29/h6-7,15-18,21,26H,3-5,8-12H2,1-2H3,(H,25,30)/t15-,16+,17?,18?,21?/m1/s1. The number of carbonyl (C=O) groups is 2.